The van der Waals surface area contributed by atoms with Gasteiger partial charge in [0.05, 0.1) is 25.3 Å². The molecule has 1 aliphatic carbocycles. The van der Waals surface area contributed by atoms with Crippen LogP contribution in [0.4, 0.5) is 0 Å². The van der Waals surface area contributed by atoms with Gasteiger partial charge in [0, 0.05) is 12.1 Å². The van der Waals surface area contributed by atoms with Crippen LogP contribution in [0.1, 0.15) is 13.3 Å². The van der Waals surface area contributed by atoms with E-state index in [1.807, 2.05) is 0 Å². The number of aliphatic hydroxyl groups is 6. The molecular weight excluding hydrogens is 540 g/mol. The van der Waals surface area contributed by atoms with Gasteiger partial charge in [0.2, 0.25) is 0 Å². The first-order chi connectivity index (χ1) is 17.4. The first-order valence-corrected chi connectivity index (χ1v) is 13.1. The van der Waals surface area contributed by atoms with Crippen LogP contribution >= 0.6 is 0 Å². The van der Waals surface area contributed by atoms with Gasteiger partial charge in [-0.25, -0.2) is 0 Å². The van der Waals surface area contributed by atoms with E-state index in [9.17, 15) is 30.6 Å². The molecule has 3 aliphatic rings. The molecule has 14 atom stereocenters. The van der Waals surface area contributed by atoms with Gasteiger partial charge in [0.15, 0.2) is 12.6 Å². The van der Waals surface area contributed by atoms with Gasteiger partial charge in [0.25, 0.3) is 0 Å². The average molecular weight is 581 g/mol. The van der Waals surface area contributed by atoms with Crippen LogP contribution in [0.3, 0.4) is 0 Å². The first kappa shape index (κ1) is 33.5. The largest absolute Gasteiger partial charge is 0.394 e. The lowest BCUT2D eigenvalue weighted by atomic mass is 9.84. The predicted octanol–water partition coefficient (Wildman–Crippen LogP) is -6.65. The molecule has 0 aromatic heterocycles. The zero-order valence-corrected chi connectivity index (χ0v) is 21.6. The third-order valence-electron chi connectivity index (χ3n) is 6.71. The lowest BCUT2D eigenvalue weighted by Gasteiger charge is -2.49. The maximum absolute atomic E-state index is 11.0. The summed E-state index contributed by atoms with van der Waals surface area (Å²) in [6.45, 7) is 0.787. The third kappa shape index (κ3) is 8.17. The zero-order chi connectivity index (χ0) is 29.2. The summed E-state index contributed by atoms with van der Waals surface area (Å²) in [5.41, 5.74) is 16.9. The Labute approximate surface area is 219 Å². The molecule has 2 saturated heterocycles. The standard InChI is InChI=1S/C19H38N4O10.H2O4S/c1-19(29)5-30-18(13(28)16(19)23-2)33-15-7(21)3-6(20)14(12(15)27)32-17-9(22)11(26)10(25)8(4-24)31-17;1-5(2,3)4/h6-18,23-29H,3-5,20-22H2,1-2H3;(H2,1,2,3,4)/t6-,7+,8+,9+,10+,11+,12-,13+,14+,15-,16+,17+,18+,19-;/m0./s1. The quantitative estimate of drug-likeness (QED) is 0.130. The Morgan fingerprint density at radius 2 is 1.45 bits per heavy atom. The van der Waals surface area contributed by atoms with Crippen molar-refractivity contribution in [2.45, 2.75) is 98.4 Å². The highest BCUT2D eigenvalue weighted by atomic mass is 32.3. The molecule has 3 fully saturated rings. The molecule has 18 nitrogen and oxygen atoms in total. The van der Waals surface area contributed by atoms with Crippen molar-refractivity contribution < 1.29 is 67.1 Å². The molecule has 0 aromatic rings. The minimum Gasteiger partial charge on any atom is -0.394 e. The maximum atomic E-state index is 11.0. The number of hydrogen-bond donors (Lipinski definition) is 12. The number of ether oxygens (including phenoxy) is 4. The van der Waals surface area contributed by atoms with Crippen molar-refractivity contribution in [1.82, 2.24) is 5.32 Å². The van der Waals surface area contributed by atoms with Crippen molar-refractivity contribution in [3.63, 3.8) is 0 Å². The number of aliphatic hydroxyl groups excluding tert-OH is 5. The van der Waals surface area contributed by atoms with Crippen LogP contribution in [0.5, 0.6) is 0 Å². The van der Waals surface area contributed by atoms with Gasteiger partial charge in [-0.2, -0.15) is 8.42 Å². The Kier molecular flexibility index (Phi) is 11.7. The second-order valence-electron chi connectivity index (χ2n) is 9.78. The van der Waals surface area contributed by atoms with Crippen molar-refractivity contribution in [2.24, 2.45) is 17.2 Å². The smallest absolute Gasteiger partial charge is 0.394 e. The fourth-order valence-electron chi connectivity index (χ4n) is 4.74. The molecule has 15 N–H and O–H groups in total. The Morgan fingerprint density at radius 3 is 1.92 bits per heavy atom. The molecule has 0 amide bonds. The molecule has 0 unspecified atom stereocenters. The lowest BCUT2D eigenvalue weighted by molar-refractivity contribution is -0.316. The number of nitrogens with one attached hydrogen (secondary N) is 1. The normalized spacial score (nSPS) is 48.2. The summed E-state index contributed by atoms with van der Waals surface area (Å²) in [5.74, 6) is 0. The molecular formula is C19H40N4O14S. The van der Waals surface area contributed by atoms with Crippen molar-refractivity contribution in [2.75, 3.05) is 20.3 Å². The van der Waals surface area contributed by atoms with Gasteiger partial charge in [-0.3, -0.25) is 9.11 Å². The molecule has 19 heteroatoms. The van der Waals surface area contributed by atoms with Crippen molar-refractivity contribution in [3.05, 3.63) is 0 Å². The minimum absolute atomic E-state index is 0.134. The van der Waals surface area contributed by atoms with Gasteiger partial charge < -0.3 is 72.1 Å². The first-order valence-electron chi connectivity index (χ1n) is 11.7. The van der Waals surface area contributed by atoms with E-state index >= 15 is 0 Å². The maximum Gasteiger partial charge on any atom is 0.394 e. The second kappa shape index (κ2) is 13.3. The fourth-order valence-corrected chi connectivity index (χ4v) is 4.74. The number of rotatable bonds is 6. The van der Waals surface area contributed by atoms with Gasteiger partial charge in [-0.15, -0.1) is 0 Å². The van der Waals surface area contributed by atoms with E-state index in [4.69, 9.17) is 53.7 Å². The Hall–Kier alpha value is -0.690. The molecule has 0 radical (unpaired) electrons. The van der Waals surface area contributed by atoms with Crippen LogP contribution in [0, 0.1) is 0 Å². The van der Waals surface area contributed by atoms with Crippen molar-refractivity contribution in [3.8, 4) is 0 Å². The summed E-state index contributed by atoms with van der Waals surface area (Å²) in [4.78, 5) is 0. The number of hydrogen-bond acceptors (Lipinski definition) is 16. The molecule has 226 valence electrons. The monoisotopic (exact) mass is 580 g/mol. The molecule has 0 aromatic carbocycles. The zero-order valence-electron chi connectivity index (χ0n) is 20.8. The Balaban J connectivity index is 0.000000926. The molecule has 0 bridgehead atoms. The van der Waals surface area contributed by atoms with Crippen LogP contribution in [-0.2, 0) is 29.3 Å². The van der Waals surface area contributed by atoms with Crippen molar-refractivity contribution >= 4 is 10.4 Å². The van der Waals surface area contributed by atoms with Gasteiger partial charge in [-0.1, -0.05) is 0 Å². The van der Waals surface area contributed by atoms with Gasteiger partial charge in [0.1, 0.15) is 48.3 Å². The highest BCUT2D eigenvalue weighted by Crippen LogP contribution is 2.31. The predicted molar refractivity (Wildman–Crippen MR) is 125 cm³/mol. The van der Waals surface area contributed by atoms with Crippen LogP contribution in [0.2, 0.25) is 0 Å². The fraction of sp³-hybridized carbons (Fsp3) is 1.00. The summed E-state index contributed by atoms with van der Waals surface area (Å²) in [7, 11) is -3.09. The average Bonchev–Trinajstić information content (AvgIpc) is 2.79. The Morgan fingerprint density at radius 1 is 0.947 bits per heavy atom. The lowest BCUT2D eigenvalue weighted by Crippen LogP contribution is -2.69. The third-order valence-corrected chi connectivity index (χ3v) is 6.71. The topological polar surface area (TPSA) is 323 Å². The van der Waals surface area contributed by atoms with E-state index < -0.39 is 102 Å². The summed E-state index contributed by atoms with van der Waals surface area (Å²) < 4.78 is 54.2. The summed E-state index contributed by atoms with van der Waals surface area (Å²) in [6.07, 6.45) is -11.2. The van der Waals surface area contributed by atoms with Gasteiger partial charge in [-0.05, 0) is 20.4 Å². The molecule has 38 heavy (non-hydrogen) atoms. The van der Waals surface area contributed by atoms with E-state index in [1.54, 1.807) is 7.05 Å². The highest BCUT2D eigenvalue weighted by Gasteiger charge is 2.52. The minimum atomic E-state index is -4.67. The summed E-state index contributed by atoms with van der Waals surface area (Å²) >= 11 is 0. The SMILES string of the molecule is CN[C@@H]1[C@@H](O)[C@@H](O[C@@H]2[C@@H](O)[C@H](O[C@H]3O[C@H](CO)[C@@H](O)[C@H](O)[C@H]3N)[C@@H](N)C[C@H]2N)OC[C@]1(C)O.O=S(=O)(O)O. The summed E-state index contributed by atoms with van der Waals surface area (Å²) in [5, 5.41) is 64.4. The van der Waals surface area contributed by atoms with Crippen LogP contribution in [0.25, 0.3) is 0 Å². The number of nitrogens with two attached hydrogens (primary N) is 3. The molecule has 2 heterocycles. The van der Waals surface area contributed by atoms with Gasteiger partial charge >= 0.3 is 10.4 Å². The van der Waals surface area contributed by atoms with E-state index in [0.717, 1.165) is 0 Å². The van der Waals surface area contributed by atoms with E-state index in [2.05, 4.69) is 5.32 Å². The highest BCUT2D eigenvalue weighted by molar-refractivity contribution is 7.79. The second-order valence-corrected chi connectivity index (χ2v) is 10.7. The van der Waals surface area contributed by atoms with Crippen LogP contribution in [0.15, 0.2) is 0 Å². The van der Waals surface area contributed by atoms with Crippen LogP contribution in [-0.4, -0.2) is 154 Å². The molecule has 1 saturated carbocycles. The van der Waals surface area contributed by atoms with Crippen molar-refractivity contribution in [1.29, 1.82) is 0 Å². The van der Waals surface area contributed by atoms with E-state index in [-0.39, 0.29) is 13.0 Å². The van der Waals surface area contributed by atoms with E-state index in [0.29, 0.717) is 0 Å². The summed E-state index contributed by atoms with van der Waals surface area (Å²) in [6, 6.07) is -3.44. The molecule has 0 spiro atoms. The molecule has 3 rings (SSSR count). The Bertz CT molecular complexity index is 845. The van der Waals surface area contributed by atoms with Crippen LogP contribution < -0.4 is 22.5 Å². The number of likely N-dealkylation sites (N-methyl/N-ethyl adjacent to an activating group) is 1. The van der Waals surface area contributed by atoms with E-state index in [1.165, 1.54) is 6.92 Å². The molecule has 2 aliphatic heterocycles.